The number of rotatable bonds is 8. The quantitative estimate of drug-likeness (QED) is 0.668. The lowest BCUT2D eigenvalue weighted by molar-refractivity contribution is 0.443. The zero-order valence-corrected chi connectivity index (χ0v) is 11.2. The Hall–Kier alpha value is 0.160. The second-order valence-electron chi connectivity index (χ2n) is 3.77. The van der Waals surface area contributed by atoms with E-state index in [0.717, 1.165) is 19.3 Å². The molecule has 0 aliphatic heterocycles. The monoisotopic (exact) mass is 256 g/mol. The van der Waals surface area contributed by atoms with Crippen LogP contribution in [0.1, 0.15) is 26.2 Å². The van der Waals surface area contributed by atoms with Crippen LogP contribution in [0.4, 0.5) is 0 Å². The van der Waals surface area contributed by atoms with Gasteiger partial charge in [-0.2, -0.15) is 12.7 Å². The lowest BCUT2D eigenvalue weighted by Gasteiger charge is -2.18. The minimum absolute atomic E-state index is 0.335. The van der Waals surface area contributed by atoms with Gasteiger partial charge >= 0.3 is 0 Å². The highest BCUT2D eigenvalue weighted by atomic mass is 35.5. The van der Waals surface area contributed by atoms with Gasteiger partial charge in [-0.15, -0.1) is 11.6 Å². The van der Waals surface area contributed by atoms with Crippen molar-refractivity contribution >= 4 is 21.8 Å². The molecule has 0 amide bonds. The molecule has 0 spiro atoms. The predicted octanol–water partition coefficient (Wildman–Crippen LogP) is 1.43. The molecule has 0 saturated carbocycles. The molecule has 15 heavy (non-hydrogen) atoms. The number of alkyl halides is 1. The highest BCUT2D eigenvalue weighted by molar-refractivity contribution is 7.87. The van der Waals surface area contributed by atoms with Crippen LogP contribution in [0.3, 0.4) is 0 Å². The smallest absolute Gasteiger partial charge is 0.202 e. The maximum absolute atomic E-state index is 11.4. The molecule has 0 heterocycles. The van der Waals surface area contributed by atoms with E-state index in [4.69, 9.17) is 11.6 Å². The molecule has 4 nitrogen and oxygen atoms in total. The first kappa shape index (κ1) is 15.2. The molecule has 0 bridgehead atoms. The van der Waals surface area contributed by atoms with Crippen LogP contribution in [0.15, 0.2) is 0 Å². The van der Waals surface area contributed by atoms with Crippen molar-refractivity contribution in [2.45, 2.75) is 26.2 Å². The normalized spacial score (nSPS) is 14.5. The second kappa shape index (κ2) is 7.44. The number of hydrogen-bond donors (Lipinski definition) is 1. The summed E-state index contributed by atoms with van der Waals surface area (Å²) in [5, 5.41) is 0. The summed E-state index contributed by atoms with van der Waals surface area (Å²) in [5.41, 5.74) is 0. The van der Waals surface area contributed by atoms with Crippen LogP contribution in [0.25, 0.3) is 0 Å². The summed E-state index contributed by atoms with van der Waals surface area (Å²) in [6, 6.07) is 0. The van der Waals surface area contributed by atoms with Crippen LogP contribution in [0.5, 0.6) is 0 Å². The summed E-state index contributed by atoms with van der Waals surface area (Å²) < 4.78 is 26.6. The zero-order chi connectivity index (χ0) is 11.9. The van der Waals surface area contributed by atoms with Crippen LogP contribution >= 0.6 is 11.6 Å². The molecule has 0 aliphatic rings. The molecule has 0 aromatic rings. The first-order chi connectivity index (χ1) is 6.94. The Morgan fingerprint density at radius 2 is 1.93 bits per heavy atom. The van der Waals surface area contributed by atoms with Gasteiger partial charge in [-0.25, -0.2) is 4.72 Å². The predicted molar refractivity (Wildman–Crippen MR) is 64.3 cm³/mol. The Morgan fingerprint density at radius 1 is 1.33 bits per heavy atom. The van der Waals surface area contributed by atoms with E-state index >= 15 is 0 Å². The maximum Gasteiger partial charge on any atom is 0.278 e. The van der Waals surface area contributed by atoms with Gasteiger partial charge in [-0.1, -0.05) is 13.3 Å². The van der Waals surface area contributed by atoms with Gasteiger partial charge in [0.05, 0.1) is 0 Å². The minimum atomic E-state index is -3.29. The molecule has 0 radical (unpaired) electrons. The molecule has 0 saturated heterocycles. The third-order valence-corrected chi connectivity index (χ3v) is 3.96. The van der Waals surface area contributed by atoms with Crippen LogP contribution in [-0.4, -0.2) is 39.2 Å². The standard InChI is InChI=1S/C9H21ClN2O2S/c1-4-5-9(6-7-10)8-11-15(13,14)12(2)3/h9,11H,4-8H2,1-3H3. The van der Waals surface area contributed by atoms with E-state index in [1.165, 1.54) is 18.4 Å². The van der Waals surface area contributed by atoms with Gasteiger partial charge in [0.25, 0.3) is 10.2 Å². The first-order valence-electron chi connectivity index (χ1n) is 5.17. The molecule has 0 aromatic heterocycles. The highest BCUT2D eigenvalue weighted by Gasteiger charge is 2.15. The van der Waals surface area contributed by atoms with Gasteiger partial charge in [0.1, 0.15) is 0 Å². The molecular formula is C9H21ClN2O2S. The SMILES string of the molecule is CCCC(CCCl)CNS(=O)(=O)N(C)C. The third-order valence-electron chi connectivity index (χ3n) is 2.25. The molecule has 92 valence electrons. The number of halogens is 1. The van der Waals surface area contributed by atoms with Crippen LogP contribution in [-0.2, 0) is 10.2 Å². The fraction of sp³-hybridized carbons (Fsp3) is 1.00. The fourth-order valence-electron chi connectivity index (χ4n) is 1.26. The Morgan fingerprint density at radius 3 is 2.33 bits per heavy atom. The van der Waals surface area contributed by atoms with Gasteiger partial charge in [-0.3, -0.25) is 0 Å². The van der Waals surface area contributed by atoms with E-state index in [0.29, 0.717) is 18.3 Å². The van der Waals surface area contributed by atoms with E-state index in [1.807, 2.05) is 0 Å². The lowest BCUT2D eigenvalue weighted by atomic mass is 10.0. The van der Waals surface area contributed by atoms with Crippen LogP contribution in [0.2, 0.25) is 0 Å². The van der Waals surface area contributed by atoms with Crippen molar-refractivity contribution in [2.24, 2.45) is 5.92 Å². The maximum atomic E-state index is 11.4. The van der Waals surface area contributed by atoms with Gasteiger partial charge in [0, 0.05) is 26.5 Å². The molecule has 1 unspecified atom stereocenters. The summed E-state index contributed by atoms with van der Waals surface area (Å²) in [7, 11) is -0.264. The summed E-state index contributed by atoms with van der Waals surface area (Å²) in [6.07, 6.45) is 2.90. The Balaban J connectivity index is 4.09. The highest BCUT2D eigenvalue weighted by Crippen LogP contribution is 2.11. The average molecular weight is 257 g/mol. The number of nitrogens with one attached hydrogen (secondary N) is 1. The third kappa shape index (κ3) is 6.35. The van der Waals surface area contributed by atoms with E-state index in [9.17, 15) is 8.42 Å². The number of hydrogen-bond acceptors (Lipinski definition) is 2. The zero-order valence-electron chi connectivity index (χ0n) is 9.66. The van der Waals surface area contributed by atoms with Crippen molar-refractivity contribution in [3.63, 3.8) is 0 Å². The summed E-state index contributed by atoms with van der Waals surface area (Å²) >= 11 is 5.66. The molecule has 1 atom stereocenters. The van der Waals surface area contributed by atoms with Gasteiger partial charge in [0.2, 0.25) is 0 Å². The van der Waals surface area contributed by atoms with E-state index < -0.39 is 10.2 Å². The Bertz CT molecular complexity index is 249. The Kier molecular flexibility index (Phi) is 7.52. The second-order valence-corrected chi connectivity index (χ2v) is 6.12. The van der Waals surface area contributed by atoms with Crippen LogP contribution < -0.4 is 4.72 Å². The van der Waals surface area contributed by atoms with Gasteiger partial charge in [-0.05, 0) is 18.8 Å². The Labute approximate surface area is 98.2 Å². The van der Waals surface area contributed by atoms with Crippen molar-refractivity contribution in [1.29, 1.82) is 0 Å². The molecule has 0 rings (SSSR count). The summed E-state index contributed by atoms with van der Waals surface area (Å²) in [5.74, 6) is 0.913. The topological polar surface area (TPSA) is 49.4 Å². The lowest BCUT2D eigenvalue weighted by Crippen LogP contribution is -2.38. The van der Waals surface area contributed by atoms with Crippen molar-refractivity contribution in [3.8, 4) is 0 Å². The minimum Gasteiger partial charge on any atom is -0.202 e. The number of nitrogens with zero attached hydrogens (tertiary/aromatic N) is 1. The fourth-order valence-corrected chi connectivity index (χ4v) is 2.28. The van der Waals surface area contributed by atoms with E-state index in [-0.39, 0.29) is 0 Å². The first-order valence-corrected chi connectivity index (χ1v) is 7.14. The van der Waals surface area contributed by atoms with Crippen molar-refractivity contribution in [1.82, 2.24) is 9.03 Å². The van der Waals surface area contributed by atoms with E-state index in [2.05, 4.69) is 11.6 Å². The molecule has 0 aromatic carbocycles. The molecule has 0 aliphatic carbocycles. The largest absolute Gasteiger partial charge is 0.278 e. The van der Waals surface area contributed by atoms with Crippen molar-refractivity contribution in [2.75, 3.05) is 26.5 Å². The van der Waals surface area contributed by atoms with Crippen molar-refractivity contribution < 1.29 is 8.42 Å². The molecule has 0 fully saturated rings. The molecular weight excluding hydrogens is 236 g/mol. The van der Waals surface area contributed by atoms with E-state index in [1.54, 1.807) is 0 Å². The summed E-state index contributed by atoms with van der Waals surface area (Å²) in [6.45, 7) is 2.56. The van der Waals surface area contributed by atoms with Crippen molar-refractivity contribution in [3.05, 3.63) is 0 Å². The molecule has 6 heteroatoms. The van der Waals surface area contributed by atoms with Gasteiger partial charge < -0.3 is 0 Å². The van der Waals surface area contributed by atoms with Gasteiger partial charge in [0.15, 0.2) is 0 Å². The average Bonchev–Trinajstić information content (AvgIpc) is 2.15. The van der Waals surface area contributed by atoms with Crippen LogP contribution in [0, 0.1) is 5.92 Å². The molecule has 1 N–H and O–H groups in total. The summed E-state index contributed by atoms with van der Waals surface area (Å²) in [4.78, 5) is 0.